The molecule has 1 aromatic carbocycles. The Hall–Kier alpha value is -1.99. The minimum atomic E-state index is -0.454. The molecular formula is C14H14BrN5O. The predicted molar refractivity (Wildman–Crippen MR) is 80.5 cm³/mol. The molecule has 0 spiro atoms. The van der Waals surface area contributed by atoms with Crippen LogP contribution in [0.4, 0.5) is 0 Å². The van der Waals surface area contributed by atoms with Gasteiger partial charge in [-0.3, -0.25) is 4.68 Å². The number of benzene rings is 1. The van der Waals surface area contributed by atoms with Gasteiger partial charge in [-0.15, -0.1) is 0 Å². The topological polar surface area (TPSA) is 82.8 Å². The first-order chi connectivity index (χ1) is 10.1. The molecule has 3 rings (SSSR count). The second-order valence-electron chi connectivity index (χ2n) is 4.78. The number of aryl methyl sites for hydroxylation is 1. The normalized spacial score (nSPS) is 12.5. The van der Waals surface area contributed by atoms with Crippen LogP contribution in [-0.4, -0.2) is 19.9 Å². The van der Waals surface area contributed by atoms with Gasteiger partial charge in [-0.25, -0.2) is 0 Å². The van der Waals surface area contributed by atoms with Crippen LogP contribution in [0.1, 0.15) is 28.9 Å². The van der Waals surface area contributed by atoms with Crippen molar-refractivity contribution >= 4 is 15.9 Å². The molecule has 1 atom stereocenters. The predicted octanol–water partition coefficient (Wildman–Crippen LogP) is 2.20. The molecule has 0 aliphatic rings. The van der Waals surface area contributed by atoms with Crippen LogP contribution in [-0.2, 0) is 13.5 Å². The monoisotopic (exact) mass is 347 g/mol. The number of halogens is 1. The van der Waals surface area contributed by atoms with Gasteiger partial charge in [-0.1, -0.05) is 33.2 Å². The Morgan fingerprint density at radius 1 is 1.33 bits per heavy atom. The lowest BCUT2D eigenvalue weighted by Crippen LogP contribution is -2.11. The maximum Gasteiger partial charge on any atom is 0.248 e. The van der Waals surface area contributed by atoms with Gasteiger partial charge < -0.3 is 10.3 Å². The first-order valence-electron chi connectivity index (χ1n) is 6.43. The molecule has 0 aliphatic heterocycles. The highest BCUT2D eigenvalue weighted by atomic mass is 79.9. The molecule has 1 unspecified atom stereocenters. The molecule has 2 N–H and O–H groups in total. The van der Waals surface area contributed by atoms with Crippen LogP contribution in [0.15, 0.2) is 45.7 Å². The van der Waals surface area contributed by atoms with Crippen molar-refractivity contribution in [2.45, 2.75) is 12.5 Å². The zero-order valence-corrected chi connectivity index (χ0v) is 13.0. The number of rotatable bonds is 4. The van der Waals surface area contributed by atoms with Crippen LogP contribution in [0.25, 0.3) is 0 Å². The molecule has 0 saturated heterocycles. The van der Waals surface area contributed by atoms with Crippen molar-refractivity contribution in [3.05, 3.63) is 64.0 Å². The number of nitrogens with zero attached hydrogens (tertiary/aromatic N) is 4. The summed E-state index contributed by atoms with van der Waals surface area (Å²) in [5.74, 6) is 1.02. The number of aromatic nitrogens is 4. The highest BCUT2D eigenvalue weighted by molar-refractivity contribution is 9.10. The summed E-state index contributed by atoms with van der Waals surface area (Å²) in [6, 6.07) is 7.54. The molecule has 0 amide bonds. The molecule has 0 bridgehead atoms. The van der Waals surface area contributed by atoms with E-state index in [0.717, 1.165) is 15.6 Å². The van der Waals surface area contributed by atoms with Crippen molar-refractivity contribution < 1.29 is 4.52 Å². The molecule has 0 aliphatic carbocycles. The smallest absolute Gasteiger partial charge is 0.248 e. The summed E-state index contributed by atoms with van der Waals surface area (Å²) in [6.45, 7) is 0. The molecule has 108 valence electrons. The Balaban J connectivity index is 1.75. The lowest BCUT2D eigenvalue weighted by Gasteiger charge is -2.01. The van der Waals surface area contributed by atoms with E-state index in [2.05, 4.69) is 31.2 Å². The lowest BCUT2D eigenvalue weighted by atomic mass is 10.1. The van der Waals surface area contributed by atoms with Crippen molar-refractivity contribution in [3.63, 3.8) is 0 Å². The summed E-state index contributed by atoms with van der Waals surface area (Å²) in [4.78, 5) is 4.36. The highest BCUT2D eigenvalue weighted by Crippen LogP contribution is 2.18. The molecule has 6 nitrogen and oxygen atoms in total. The Labute approximate surface area is 130 Å². The van der Waals surface area contributed by atoms with Crippen LogP contribution >= 0.6 is 15.9 Å². The van der Waals surface area contributed by atoms with E-state index in [1.165, 1.54) is 0 Å². The average molecular weight is 348 g/mol. The van der Waals surface area contributed by atoms with Gasteiger partial charge in [-0.2, -0.15) is 10.1 Å². The Kier molecular flexibility index (Phi) is 3.85. The zero-order valence-electron chi connectivity index (χ0n) is 11.4. The van der Waals surface area contributed by atoms with Gasteiger partial charge in [0, 0.05) is 29.7 Å². The third kappa shape index (κ3) is 3.20. The van der Waals surface area contributed by atoms with Gasteiger partial charge in [0.25, 0.3) is 0 Å². The molecule has 3 aromatic rings. The standard InChI is InChI=1S/C14H14BrN5O/c1-20-8-10(7-17-20)13(16)14-18-12(19-21-14)6-9-2-4-11(15)5-3-9/h2-5,7-8,13H,6,16H2,1H3. The van der Waals surface area contributed by atoms with E-state index in [-0.39, 0.29) is 0 Å². The number of hydrogen-bond donors (Lipinski definition) is 1. The fourth-order valence-corrected chi connectivity index (χ4v) is 2.26. The van der Waals surface area contributed by atoms with Gasteiger partial charge >= 0.3 is 0 Å². The SMILES string of the molecule is Cn1cc(C(N)c2nc(Cc3ccc(Br)cc3)no2)cn1. The maximum atomic E-state index is 6.10. The van der Waals surface area contributed by atoms with Crippen LogP contribution in [0, 0.1) is 0 Å². The summed E-state index contributed by atoms with van der Waals surface area (Å²) < 4.78 is 7.98. The molecule has 0 saturated carbocycles. The van der Waals surface area contributed by atoms with Gasteiger partial charge in [-0.05, 0) is 17.7 Å². The van der Waals surface area contributed by atoms with E-state index < -0.39 is 6.04 Å². The Morgan fingerprint density at radius 3 is 2.76 bits per heavy atom. The number of nitrogens with two attached hydrogens (primary N) is 1. The van der Waals surface area contributed by atoms with E-state index in [1.807, 2.05) is 37.5 Å². The van der Waals surface area contributed by atoms with Crippen LogP contribution < -0.4 is 5.73 Å². The average Bonchev–Trinajstić information content (AvgIpc) is 3.10. The fourth-order valence-electron chi connectivity index (χ4n) is 1.99. The van der Waals surface area contributed by atoms with E-state index in [4.69, 9.17) is 10.3 Å². The van der Waals surface area contributed by atoms with Gasteiger partial charge in [0.15, 0.2) is 5.82 Å². The van der Waals surface area contributed by atoms with Crippen molar-refractivity contribution in [2.75, 3.05) is 0 Å². The van der Waals surface area contributed by atoms with E-state index in [0.29, 0.717) is 18.1 Å². The van der Waals surface area contributed by atoms with Crippen LogP contribution in [0.3, 0.4) is 0 Å². The van der Waals surface area contributed by atoms with E-state index in [1.54, 1.807) is 10.9 Å². The zero-order chi connectivity index (χ0) is 14.8. The molecule has 2 heterocycles. The van der Waals surface area contributed by atoms with Gasteiger partial charge in [0.05, 0.1) is 6.20 Å². The summed E-state index contributed by atoms with van der Waals surface area (Å²) >= 11 is 3.41. The highest BCUT2D eigenvalue weighted by Gasteiger charge is 2.18. The summed E-state index contributed by atoms with van der Waals surface area (Å²) in [5, 5.41) is 8.07. The van der Waals surface area contributed by atoms with Crippen molar-refractivity contribution in [3.8, 4) is 0 Å². The minimum Gasteiger partial charge on any atom is -0.337 e. The van der Waals surface area contributed by atoms with Gasteiger partial charge in [0.2, 0.25) is 5.89 Å². The van der Waals surface area contributed by atoms with Crippen molar-refractivity contribution in [1.82, 2.24) is 19.9 Å². The largest absolute Gasteiger partial charge is 0.337 e. The maximum absolute atomic E-state index is 6.10. The third-order valence-corrected chi connectivity index (χ3v) is 3.64. The number of hydrogen-bond acceptors (Lipinski definition) is 5. The quantitative estimate of drug-likeness (QED) is 0.782. The summed E-state index contributed by atoms with van der Waals surface area (Å²) in [5.41, 5.74) is 8.06. The van der Waals surface area contributed by atoms with Crippen molar-refractivity contribution in [2.24, 2.45) is 12.8 Å². The van der Waals surface area contributed by atoms with Crippen LogP contribution in [0.5, 0.6) is 0 Å². The van der Waals surface area contributed by atoms with E-state index >= 15 is 0 Å². The lowest BCUT2D eigenvalue weighted by molar-refractivity contribution is 0.363. The summed E-state index contributed by atoms with van der Waals surface area (Å²) in [6.07, 6.45) is 4.14. The summed E-state index contributed by atoms with van der Waals surface area (Å²) in [7, 11) is 1.84. The fraction of sp³-hybridized carbons (Fsp3) is 0.214. The minimum absolute atomic E-state index is 0.398. The molecule has 21 heavy (non-hydrogen) atoms. The molecule has 7 heteroatoms. The Bertz CT molecular complexity index is 734. The molecular weight excluding hydrogens is 334 g/mol. The molecule has 0 fully saturated rings. The van der Waals surface area contributed by atoms with E-state index in [9.17, 15) is 0 Å². The molecule has 2 aromatic heterocycles. The van der Waals surface area contributed by atoms with Gasteiger partial charge in [0.1, 0.15) is 6.04 Å². The Morgan fingerprint density at radius 2 is 2.10 bits per heavy atom. The first kappa shape index (κ1) is 14.0. The third-order valence-electron chi connectivity index (χ3n) is 3.11. The second kappa shape index (κ2) is 5.79. The second-order valence-corrected chi connectivity index (χ2v) is 5.69. The van der Waals surface area contributed by atoms with Crippen LogP contribution in [0.2, 0.25) is 0 Å². The molecule has 0 radical (unpaired) electrons. The van der Waals surface area contributed by atoms with Crippen molar-refractivity contribution in [1.29, 1.82) is 0 Å². The first-order valence-corrected chi connectivity index (χ1v) is 7.22.